The Morgan fingerprint density at radius 2 is 1.89 bits per heavy atom. The van der Waals surface area contributed by atoms with E-state index in [0.29, 0.717) is 24.8 Å². The van der Waals surface area contributed by atoms with Gasteiger partial charge >= 0.3 is 0 Å². The van der Waals surface area contributed by atoms with E-state index in [1.165, 1.54) is 22.3 Å². The van der Waals surface area contributed by atoms with Crippen molar-refractivity contribution in [3.8, 4) is 0 Å². The summed E-state index contributed by atoms with van der Waals surface area (Å²) in [6.07, 6.45) is 1.62. The lowest BCUT2D eigenvalue weighted by atomic mass is 9.74. The molecule has 0 saturated carbocycles. The van der Waals surface area contributed by atoms with E-state index >= 15 is 0 Å². The Morgan fingerprint density at radius 3 is 2.48 bits per heavy atom. The highest BCUT2D eigenvalue weighted by Crippen LogP contribution is 2.42. The van der Waals surface area contributed by atoms with E-state index in [0.717, 1.165) is 32.6 Å². The molecular formula is C23H36N2O2. The van der Waals surface area contributed by atoms with Gasteiger partial charge in [-0.1, -0.05) is 31.5 Å². The molecule has 0 bridgehead atoms. The van der Waals surface area contributed by atoms with E-state index in [9.17, 15) is 9.90 Å². The summed E-state index contributed by atoms with van der Waals surface area (Å²) in [5.74, 6) is 1.12. The largest absolute Gasteiger partial charge is 0.396 e. The number of aliphatic hydroxyl groups is 1. The van der Waals surface area contributed by atoms with Crippen molar-refractivity contribution in [2.45, 2.75) is 54.0 Å². The third-order valence-corrected chi connectivity index (χ3v) is 6.61. The molecule has 2 saturated heterocycles. The molecule has 2 aliphatic heterocycles. The monoisotopic (exact) mass is 372 g/mol. The van der Waals surface area contributed by atoms with E-state index in [-0.39, 0.29) is 17.9 Å². The number of nitrogens with zero attached hydrogens (tertiary/aromatic N) is 2. The first-order valence-electron chi connectivity index (χ1n) is 10.4. The lowest BCUT2D eigenvalue weighted by Gasteiger charge is -2.43. The smallest absolute Gasteiger partial charge is 0.222 e. The number of amides is 1. The van der Waals surface area contributed by atoms with Crippen molar-refractivity contribution in [3.05, 3.63) is 34.4 Å². The maximum Gasteiger partial charge on any atom is 0.222 e. The van der Waals surface area contributed by atoms with Gasteiger partial charge in [-0.15, -0.1) is 0 Å². The third kappa shape index (κ3) is 4.22. The summed E-state index contributed by atoms with van der Waals surface area (Å²) in [5.41, 5.74) is 5.29. The molecule has 1 amide bonds. The van der Waals surface area contributed by atoms with E-state index in [1.807, 2.05) is 4.90 Å². The number of carbonyl (C=O) groups excluding carboxylic acids is 1. The summed E-state index contributed by atoms with van der Waals surface area (Å²) in [6, 6.07) is 4.53. The summed E-state index contributed by atoms with van der Waals surface area (Å²) in [7, 11) is 0. The van der Waals surface area contributed by atoms with Gasteiger partial charge in [0.15, 0.2) is 0 Å². The van der Waals surface area contributed by atoms with Crippen LogP contribution in [-0.2, 0) is 11.3 Å². The third-order valence-electron chi connectivity index (χ3n) is 6.61. The summed E-state index contributed by atoms with van der Waals surface area (Å²) in [5, 5.41) is 10.3. The molecular weight excluding hydrogens is 336 g/mol. The average molecular weight is 373 g/mol. The van der Waals surface area contributed by atoms with Gasteiger partial charge in [0, 0.05) is 44.6 Å². The van der Waals surface area contributed by atoms with Crippen LogP contribution in [0.5, 0.6) is 0 Å². The minimum absolute atomic E-state index is 0.155. The molecule has 2 aliphatic rings. The molecule has 150 valence electrons. The number of benzene rings is 1. The number of piperidine rings is 1. The van der Waals surface area contributed by atoms with E-state index in [4.69, 9.17) is 0 Å². The standard InChI is InChI=1S/C23H36N2O2/c1-16(2)8-22(27)25-7-6-20-11-24(13-23(20,14-25)15-26)12-21-18(4)9-17(3)10-19(21)5/h9-10,16,20,26H,6-8,11-15H2,1-5H3/t20-,23-/m0/s1. The predicted molar refractivity (Wildman–Crippen MR) is 110 cm³/mol. The first-order valence-corrected chi connectivity index (χ1v) is 10.4. The molecule has 0 spiro atoms. The van der Waals surface area contributed by atoms with Gasteiger partial charge in [0.05, 0.1) is 6.61 Å². The molecule has 1 N–H and O–H groups in total. The fraction of sp³-hybridized carbons (Fsp3) is 0.696. The Kier molecular flexibility index (Phi) is 5.97. The average Bonchev–Trinajstić information content (AvgIpc) is 2.95. The molecule has 1 aromatic rings. The number of aryl methyl sites for hydroxylation is 3. The Balaban J connectivity index is 1.73. The normalized spacial score (nSPS) is 25.9. The number of likely N-dealkylation sites (tertiary alicyclic amines) is 2. The molecule has 2 atom stereocenters. The number of hydrogen-bond donors (Lipinski definition) is 1. The van der Waals surface area contributed by atoms with Gasteiger partial charge in [0.2, 0.25) is 5.91 Å². The van der Waals surface area contributed by atoms with Gasteiger partial charge < -0.3 is 10.0 Å². The van der Waals surface area contributed by atoms with Crippen LogP contribution >= 0.6 is 0 Å². The van der Waals surface area contributed by atoms with Crippen LogP contribution in [0.2, 0.25) is 0 Å². The van der Waals surface area contributed by atoms with Crippen molar-refractivity contribution in [2.24, 2.45) is 17.3 Å². The Hall–Kier alpha value is -1.39. The number of carbonyl (C=O) groups is 1. The number of fused-ring (bicyclic) bond motifs is 1. The molecule has 1 aromatic carbocycles. The molecule has 3 rings (SSSR count). The number of aliphatic hydroxyl groups excluding tert-OH is 1. The van der Waals surface area contributed by atoms with Gasteiger partial charge in [-0.25, -0.2) is 0 Å². The van der Waals surface area contributed by atoms with Crippen molar-refractivity contribution in [3.63, 3.8) is 0 Å². The fourth-order valence-electron chi connectivity index (χ4n) is 5.22. The fourth-order valence-corrected chi connectivity index (χ4v) is 5.22. The second-order valence-electron chi connectivity index (χ2n) is 9.47. The van der Waals surface area contributed by atoms with Crippen LogP contribution in [0, 0.1) is 38.0 Å². The van der Waals surface area contributed by atoms with E-state index in [2.05, 4.69) is 51.7 Å². The van der Waals surface area contributed by atoms with Gasteiger partial charge in [0.1, 0.15) is 0 Å². The van der Waals surface area contributed by atoms with Gasteiger partial charge in [-0.05, 0) is 55.7 Å². The maximum atomic E-state index is 12.6. The second kappa shape index (κ2) is 7.92. The van der Waals surface area contributed by atoms with Crippen LogP contribution in [0.25, 0.3) is 0 Å². The molecule has 27 heavy (non-hydrogen) atoms. The first-order chi connectivity index (χ1) is 12.7. The topological polar surface area (TPSA) is 43.8 Å². The maximum absolute atomic E-state index is 12.6. The van der Waals surface area contributed by atoms with Crippen molar-refractivity contribution in [2.75, 3.05) is 32.8 Å². The van der Waals surface area contributed by atoms with Crippen LogP contribution in [0.3, 0.4) is 0 Å². The summed E-state index contributed by atoms with van der Waals surface area (Å²) < 4.78 is 0. The van der Waals surface area contributed by atoms with Crippen molar-refractivity contribution in [1.29, 1.82) is 0 Å². The molecule has 0 radical (unpaired) electrons. The molecule has 0 unspecified atom stereocenters. The van der Waals surface area contributed by atoms with Crippen molar-refractivity contribution >= 4 is 5.91 Å². The van der Waals surface area contributed by atoms with Gasteiger partial charge in [-0.2, -0.15) is 0 Å². The number of hydrogen-bond acceptors (Lipinski definition) is 3. The van der Waals surface area contributed by atoms with Crippen LogP contribution < -0.4 is 0 Å². The minimum atomic E-state index is -0.155. The van der Waals surface area contributed by atoms with Crippen LogP contribution in [0.4, 0.5) is 0 Å². The Bertz CT molecular complexity index is 677. The molecule has 4 heteroatoms. The van der Waals surface area contributed by atoms with Crippen LogP contribution in [0.1, 0.15) is 48.9 Å². The highest BCUT2D eigenvalue weighted by atomic mass is 16.3. The lowest BCUT2D eigenvalue weighted by Crippen LogP contribution is -2.52. The minimum Gasteiger partial charge on any atom is -0.396 e. The SMILES string of the molecule is Cc1cc(C)c(CN2C[C@@H]3CCN(C(=O)CC(C)C)C[C@]3(CO)C2)c(C)c1. The summed E-state index contributed by atoms with van der Waals surface area (Å²) in [6.45, 7) is 15.3. The highest BCUT2D eigenvalue weighted by Gasteiger charge is 2.50. The molecule has 2 heterocycles. The van der Waals surface area contributed by atoms with Crippen LogP contribution in [-0.4, -0.2) is 53.6 Å². The zero-order chi connectivity index (χ0) is 19.8. The molecule has 4 nitrogen and oxygen atoms in total. The second-order valence-corrected chi connectivity index (χ2v) is 9.47. The summed E-state index contributed by atoms with van der Waals surface area (Å²) >= 11 is 0. The molecule has 0 aliphatic carbocycles. The highest BCUT2D eigenvalue weighted by molar-refractivity contribution is 5.76. The zero-order valence-electron chi connectivity index (χ0n) is 17.7. The lowest BCUT2D eigenvalue weighted by molar-refractivity contribution is -0.137. The van der Waals surface area contributed by atoms with E-state index in [1.54, 1.807) is 0 Å². The van der Waals surface area contributed by atoms with Crippen molar-refractivity contribution < 1.29 is 9.90 Å². The van der Waals surface area contributed by atoms with E-state index < -0.39 is 0 Å². The Labute approximate surface area is 164 Å². The van der Waals surface area contributed by atoms with Gasteiger partial charge in [0.25, 0.3) is 0 Å². The number of rotatable bonds is 5. The quantitative estimate of drug-likeness (QED) is 0.862. The van der Waals surface area contributed by atoms with Crippen LogP contribution in [0.15, 0.2) is 12.1 Å². The Morgan fingerprint density at radius 1 is 1.22 bits per heavy atom. The first kappa shape index (κ1) is 20.3. The summed E-state index contributed by atoms with van der Waals surface area (Å²) in [4.78, 5) is 17.1. The van der Waals surface area contributed by atoms with Crippen molar-refractivity contribution in [1.82, 2.24) is 9.80 Å². The zero-order valence-corrected chi connectivity index (χ0v) is 17.7. The molecule has 2 fully saturated rings. The van der Waals surface area contributed by atoms with Gasteiger partial charge in [-0.3, -0.25) is 9.69 Å². The molecule has 0 aromatic heterocycles. The predicted octanol–water partition coefficient (Wildman–Crippen LogP) is 3.30.